The Morgan fingerprint density at radius 3 is 2.75 bits per heavy atom. The third-order valence-corrected chi connectivity index (χ3v) is 2.17. The van der Waals surface area contributed by atoms with Gasteiger partial charge in [0.25, 0.3) is 0 Å². The van der Waals surface area contributed by atoms with Crippen LogP contribution in [0.15, 0.2) is 24.3 Å². The van der Waals surface area contributed by atoms with Gasteiger partial charge in [-0.3, -0.25) is 10.1 Å². The van der Waals surface area contributed by atoms with Crippen LogP contribution in [0, 0.1) is 10.1 Å². The van der Waals surface area contributed by atoms with E-state index < -0.39 is 5.54 Å². The minimum Gasteiger partial charge on any atom is -0.264 e. The Hall–Kier alpha value is -1.12. The molecule has 12 heavy (non-hydrogen) atoms. The molecule has 0 spiro atoms. The highest BCUT2D eigenvalue weighted by Crippen LogP contribution is 2.26. The van der Waals surface area contributed by atoms with E-state index in [1.165, 1.54) is 0 Å². The van der Waals surface area contributed by atoms with Gasteiger partial charge in [-0.2, -0.15) is 0 Å². The molecule has 0 aromatic carbocycles. The lowest BCUT2D eigenvalue weighted by Crippen LogP contribution is -2.36. The lowest BCUT2D eigenvalue weighted by atomic mass is 9.88. The molecule has 0 heterocycles. The van der Waals surface area contributed by atoms with Crippen molar-refractivity contribution in [3.8, 4) is 0 Å². The van der Waals surface area contributed by atoms with Crippen LogP contribution in [0.4, 0.5) is 0 Å². The van der Waals surface area contributed by atoms with Crippen LogP contribution in [0.1, 0.15) is 26.2 Å². The summed E-state index contributed by atoms with van der Waals surface area (Å²) in [7, 11) is 0. The molecule has 1 atom stereocenters. The molecule has 3 nitrogen and oxygen atoms in total. The summed E-state index contributed by atoms with van der Waals surface area (Å²) in [6.45, 7) is 1.97. The first kappa shape index (κ1) is 8.97. The van der Waals surface area contributed by atoms with Gasteiger partial charge in [0.05, 0.1) is 0 Å². The molecule has 0 saturated carbocycles. The molecule has 0 radical (unpaired) electrons. The third-order valence-electron chi connectivity index (χ3n) is 2.17. The van der Waals surface area contributed by atoms with Crippen LogP contribution in [0.25, 0.3) is 0 Å². The quantitative estimate of drug-likeness (QED) is 0.478. The summed E-state index contributed by atoms with van der Waals surface area (Å²) >= 11 is 0. The van der Waals surface area contributed by atoms with Gasteiger partial charge in [0, 0.05) is 17.8 Å². The van der Waals surface area contributed by atoms with Gasteiger partial charge in [0.1, 0.15) is 0 Å². The van der Waals surface area contributed by atoms with Gasteiger partial charge in [-0.15, -0.1) is 0 Å². The molecule has 1 unspecified atom stereocenters. The predicted molar refractivity (Wildman–Crippen MR) is 47.5 cm³/mol. The van der Waals surface area contributed by atoms with Crippen molar-refractivity contribution in [3.63, 3.8) is 0 Å². The van der Waals surface area contributed by atoms with E-state index in [1.807, 2.05) is 19.1 Å². The number of rotatable bonds is 3. The van der Waals surface area contributed by atoms with Crippen molar-refractivity contribution in [2.24, 2.45) is 0 Å². The van der Waals surface area contributed by atoms with Crippen molar-refractivity contribution in [3.05, 3.63) is 34.4 Å². The topological polar surface area (TPSA) is 43.1 Å². The Bertz CT molecular complexity index is 233. The van der Waals surface area contributed by atoms with Crippen LogP contribution in [0.2, 0.25) is 0 Å². The van der Waals surface area contributed by atoms with Gasteiger partial charge in [0.15, 0.2) is 0 Å². The molecule has 0 fully saturated rings. The molecule has 66 valence electrons. The largest absolute Gasteiger partial charge is 0.264 e. The van der Waals surface area contributed by atoms with Crippen molar-refractivity contribution in [2.45, 2.75) is 31.7 Å². The number of nitro groups is 1. The van der Waals surface area contributed by atoms with Crippen LogP contribution in [0.5, 0.6) is 0 Å². The Morgan fingerprint density at radius 2 is 2.33 bits per heavy atom. The van der Waals surface area contributed by atoms with Crippen molar-refractivity contribution in [1.29, 1.82) is 0 Å². The predicted octanol–water partition coefficient (Wildman–Crippen LogP) is 2.32. The molecule has 0 aromatic rings. The second-order valence-corrected chi connectivity index (χ2v) is 3.10. The Labute approximate surface area is 71.9 Å². The second kappa shape index (κ2) is 3.52. The fourth-order valence-corrected chi connectivity index (χ4v) is 1.50. The van der Waals surface area contributed by atoms with E-state index in [0.717, 1.165) is 6.42 Å². The lowest BCUT2D eigenvalue weighted by Gasteiger charge is -2.21. The molecule has 0 bridgehead atoms. The third kappa shape index (κ3) is 1.55. The normalized spacial score (nSPS) is 27.4. The minimum absolute atomic E-state index is 0.170. The highest BCUT2D eigenvalue weighted by Gasteiger charge is 2.38. The van der Waals surface area contributed by atoms with Gasteiger partial charge in [-0.25, -0.2) is 0 Å². The first-order valence-corrected chi connectivity index (χ1v) is 4.20. The zero-order chi connectivity index (χ0) is 9.03. The Balaban J connectivity index is 2.80. The van der Waals surface area contributed by atoms with E-state index in [-0.39, 0.29) is 4.92 Å². The summed E-state index contributed by atoms with van der Waals surface area (Å²) < 4.78 is 0. The summed E-state index contributed by atoms with van der Waals surface area (Å²) in [6, 6.07) is 0. The minimum atomic E-state index is -0.816. The van der Waals surface area contributed by atoms with Gasteiger partial charge in [-0.05, 0) is 12.5 Å². The van der Waals surface area contributed by atoms with Crippen LogP contribution < -0.4 is 0 Å². The smallest absolute Gasteiger partial charge is 0.244 e. The molecular weight excluding hydrogens is 154 g/mol. The summed E-state index contributed by atoms with van der Waals surface area (Å²) in [5.74, 6) is 0. The molecule has 0 saturated heterocycles. The van der Waals surface area contributed by atoms with Crippen molar-refractivity contribution >= 4 is 0 Å². The first-order chi connectivity index (χ1) is 5.71. The van der Waals surface area contributed by atoms with E-state index >= 15 is 0 Å². The zero-order valence-corrected chi connectivity index (χ0v) is 7.19. The molecule has 0 aliphatic heterocycles. The average Bonchev–Trinajstić information content (AvgIpc) is 2.06. The van der Waals surface area contributed by atoms with Crippen molar-refractivity contribution in [1.82, 2.24) is 0 Å². The maximum Gasteiger partial charge on any atom is 0.244 e. The summed E-state index contributed by atoms with van der Waals surface area (Å²) in [5, 5.41) is 10.8. The molecule has 1 rings (SSSR count). The van der Waals surface area contributed by atoms with Gasteiger partial charge in [-0.1, -0.05) is 25.2 Å². The number of allylic oxidation sites excluding steroid dienone is 2. The van der Waals surface area contributed by atoms with E-state index in [9.17, 15) is 10.1 Å². The summed E-state index contributed by atoms with van der Waals surface area (Å²) in [6.07, 6.45) is 9.19. The number of nitrogens with zero attached hydrogens (tertiary/aromatic N) is 1. The van der Waals surface area contributed by atoms with Gasteiger partial charge in [0.2, 0.25) is 5.54 Å². The zero-order valence-electron chi connectivity index (χ0n) is 7.19. The van der Waals surface area contributed by atoms with E-state index in [1.54, 1.807) is 12.2 Å². The van der Waals surface area contributed by atoms with E-state index in [4.69, 9.17) is 0 Å². The molecule has 0 N–H and O–H groups in total. The SMILES string of the molecule is CCCC1([N+](=O)[O-])C=CC=CC1. The van der Waals surface area contributed by atoms with Crippen LogP contribution in [-0.2, 0) is 0 Å². The van der Waals surface area contributed by atoms with Crippen molar-refractivity contribution < 1.29 is 4.92 Å². The molecule has 0 aromatic heterocycles. The summed E-state index contributed by atoms with van der Waals surface area (Å²) in [4.78, 5) is 10.6. The number of hydrogen-bond acceptors (Lipinski definition) is 2. The molecule has 0 amide bonds. The van der Waals surface area contributed by atoms with E-state index in [0.29, 0.717) is 12.8 Å². The van der Waals surface area contributed by atoms with Crippen molar-refractivity contribution in [2.75, 3.05) is 0 Å². The molecular formula is C9H13NO2. The Morgan fingerprint density at radius 1 is 1.58 bits per heavy atom. The molecule has 1 aliphatic rings. The van der Waals surface area contributed by atoms with Gasteiger partial charge < -0.3 is 0 Å². The molecule has 1 aliphatic carbocycles. The molecule has 3 heteroatoms. The maximum absolute atomic E-state index is 10.8. The van der Waals surface area contributed by atoms with Gasteiger partial charge >= 0.3 is 0 Å². The van der Waals surface area contributed by atoms with Crippen LogP contribution >= 0.6 is 0 Å². The highest BCUT2D eigenvalue weighted by atomic mass is 16.6. The fraction of sp³-hybridized carbons (Fsp3) is 0.556. The van der Waals surface area contributed by atoms with Crippen LogP contribution in [0.3, 0.4) is 0 Å². The average molecular weight is 167 g/mol. The Kier molecular flexibility index (Phi) is 2.63. The fourth-order valence-electron chi connectivity index (χ4n) is 1.50. The lowest BCUT2D eigenvalue weighted by molar-refractivity contribution is -0.555. The standard InChI is InChI=1S/C9H13NO2/c1-2-6-9(10(11)12)7-4-3-5-8-9/h3-5,7H,2,6,8H2,1H3. The first-order valence-electron chi connectivity index (χ1n) is 4.20. The number of hydrogen-bond donors (Lipinski definition) is 0. The highest BCUT2D eigenvalue weighted by molar-refractivity contribution is 5.17. The summed E-state index contributed by atoms with van der Waals surface area (Å²) in [5.41, 5.74) is -0.816. The maximum atomic E-state index is 10.8. The van der Waals surface area contributed by atoms with E-state index in [2.05, 4.69) is 0 Å². The van der Waals surface area contributed by atoms with Crippen LogP contribution in [-0.4, -0.2) is 10.5 Å². The second-order valence-electron chi connectivity index (χ2n) is 3.10. The monoisotopic (exact) mass is 167 g/mol.